The number of carbonyl (C=O) groups is 1. The summed E-state index contributed by atoms with van der Waals surface area (Å²) in [5.74, 6) is 0.181. The van der Waals surface area contributed by atoms with Gasteiger partial charge in [-0.3, -0.25) is 10.1 Å². The minimum atomic E-state index is -0.838. The normalized spacial score (nSPS) is 12.7. The summed E-state index contributed by atoms with van der Waals surface area (Å²) in [7, 11) is 0. The molecular weight excluding hydrogens is 234 g/mol. The molecular formula is C13H19NO2S. The number of nitrogens with one attached hydrogen (secondary N) is 1. The minimum Gasteiger partial charge on any atom is -0.480 e. The number of hydrogen-bond donors (Lipinski definition) is 2. The third-order valence-corrected chi connectivity index (χ3v) is 3.17. The zero-order chi connectivity index (χ0) is 12.8. The molecule has 0 bridgehead atoms. The third-order valence-electron chi connectivity index (χ3n) is 2.27. The van der Waals surface area contributed by atoms with Gasteiger partial charge in [0.05, 0.1) is 0 Å². The largest absolute Gasteiger partial charge is 0.480 e. The fourth-order valence-electron chi connectivity index (χ4n) is 1.57. The van der Waals surface area contributed by atoms with Crippen molar-refractivity contribution in [3.05, 3.63) is 29.8 Å². The Morgan fingerprint density at radius 3 is 2.35 bits per heavy atom. The summed E-state index contributed by atoms with van der Waals surface area (Å²) in [4.78, 5) is 12.3. The lowest BCUT2D eigenvalue weighted by molar-refractivity contribution is -0.139. The number of rotatable bonds is 6. The summed E-state index contributed by atoms with van der Waals surface area (Å²) in [5, 5.41) is 12.2. The zero-order valence-electron chi connectivity index (χ0n) is 10.4. The Kier molecular flexibility index (Phi) is 5.51. The minimum absolute atomic E-state index is 0.140. The van der Waals surface area contributed by atoms with Gasteiger partial charge in [0.2, 0.25) is 0 Å². The molecule has 1 atom stereocenters. The predicted octanol–water partition coefficient (Wildman–Crippen LogP) is 2.92. The van der Waals surface area contributed by atoms with E-state index in [9.17, 15) is 9.90 Å². The molecule has 0 saturated carbocycles. The molecule has 4 heteroatoms. The molecule has 1 aromatic rings. The van der Waals surface area contributed by atoms with Gasteiger partial charge in [0, 0.05) is 10.9 Å². The Labute approximate surface area is 107 Å². The third kappa shape index (κ3) is 4.40. The number of aliphatic carboxylic acids is 1. The zero-order valence-corrected chi connectivity index (χ0v) is 11.3. The molecule has 0 aliphatic rings. The van der Waals surface area contributed by atoms with E-state index in [0.29, 0.717) is 0 Å². The van der Waals surface area contributed by atoms with Crippen molar-refractivity contribution >= 4 is 17.7 Å². The van der Waals surface area contributed by atoms with Crippen LogP contribution in [0.2, 0.25) is 0 Å². The van der Waals surface area contributed by atoms with Gasteiger partial charge in [0.15, 0.2) is 0 Å². The van der Waals surface area contributed by atoms with Gasteiger partial charge in [-0.05, 0) is 37.3 Å². The maximum Gasteiger partial charge on any atom is 0.325 e. The van der Waals surface area contributed by atoms with Crippen molar-refractivity contribution in [1.82, 2.24) is 5.32 Å². The Morgan fingerprint density at radius 1 is 1.35 bits per heavy atom. The maximum atomic E-state index is 11.2. The van der Waals surface area contributed by atoms with E-state index in [4.69, 9.17) is 0 Å². The van der Waals surface area contributed by atoms with E-state index in [1.165, 1.54) is 4.90 Å². The molecule has 0 heterocycles. The van der Waals surface area contributed by atoms with E-state index in [2.05, 4.69) is 12.2 Å². The molecule has 0 aliphatic heterocycles. The summed E-state index contributed by atoms with van der Waals surface area (Å²) in [6, 6.07) is 7.22. The van der Waals surface area contributed by atoms with Crippen LogP contribution >= 0.6 is 11.8 Å². The molecule has 0 aromatic heterocycles. The average Bonchev–Trinajstić information content (AvgIpc) is 2.27. The average molecular weight is 253 g/mol. The second-order valence-corrected chi connectivity index (χ2v) is 5.43. The maximum absolute atomic E-state index is 11.2. The van der Waals surface area contributed by atoms with Crippen molar-refractivity contribution < 1.29 is 9.90 Å². The predicted molar refractivity (Wildman–Crippen MR) is 71.5 cm³/mol. The number of thioether (sulfide) groups is 1. The van der Waals surface area contributed by atoms with Gasteiger partial charge < -0.3 is 5.11 Å². The van der Waals surface area contributed by atoms with Crippen molar-refractivity contribution in [3.8, 4) is 0 Å². The number of carboxylic acids is 1. The number of hydrogen-bond acceptors (Lipinski definition) is 3. The molecule has 0 radical (unpaired) electrons. The lowest BCUT2D eigenvalue weighted by Gasteiger charge is -2.17. The van der Waals surface area contributed by atoms with Crippen LogP contribution in [0.15, 0.2) is 29.2 Å². The second kappa shape index (κ2) is 6.67. The highest BCUT2D eigenvalue weighted by molar-refractivity contribution is 7.99. The van der Waals surface area contributed by atoms with Crippen molar-refractivity contribution in [2.45, 2.75) is 37.8 Å². The second-order valence-electron chi connectivity index (χ2n) is 4.09. The van der Waals surface area contributed by atoms with E-state index >= 15 is 0 Å². The summed E-state index contributed by atoms with van der Waals surface area (Å²) in [6.07, 6.45) is 0. The van der Waals surface area contributed by atoms with Crippen LogP contribution in [-0.4, -0.2) is 22.9 Å². The van der Waals surface area contributed by atoms with E-state index in [1.54, 1.807) is 11.8 Å². The lowest BCUT2D eigenvalue weighted by Crippen LogP contribution is -2.33. The Bertz CT molecular complexity index is 362. The first-order chi connectivity index (χ1) is 8.04. The number of benzene rings is 1. The quantitative estimate of drug-likeness (QED) is 0.765. The van der Waals surface area contributed by atoms with Gasteiger partial charge in [-0.15, -0.1) is 11.8 Å². The van der Waals surface area contributed by atoms with Gasteiger partial charge >= 0.3 is 5.97 Å². The van der Waals surface area contributed by atoms with E-state index in [-0.39, 0.29) is 6.04 Å². The SMILES string of the molecule is CCSc1ccc(C(NC(C)C)C(=O)O)cc1. The standard InChI is InChI=1S/C13H19NO2S/c1-4-17-11-7-5-10(6-8-11)12(13(15)16)14-9(2)3/h5-9,12,14H,4H2,1-3H3,(H,15,16). The summed E-state index contributed by atoms with van der Waals surface area (Å²) in [6.45, 7) is 5.98. The Balaban J connectivity index is 2.83. The lowest BCUT2D eigenvalue weighted by atomic mass is 10.1. The smallest absolute Gasteiger partial charge is 0.325 e. The Morgan fingerprint density at radius 2 is 1.94 bits per heavy atom. The van der Waals surface area contributed by atoms with Gasteiger partial charge in [0.1, 0.15) is 6.04 Å². The molecule has 17 heavy (non-hydrogen) atoms. The monoisotopic (exact) mass is 253 g/mol. The van der Waals surface area contributed by atoms with Gasteiger partial charge in [-0.1, -0.05) is 19.1 Å². The summed E-state index contributed by atoms with van der Waals surface area (Å²) in [5.41, 5.74) is 0.798. The molecule has 1 unspecified atom stereocenters. The molecule has 94 valence electrons. The molecule has 2 N–H and O–H groups in total. The Hall–Kier alpha value is -1.00. The van der Waals surface area contributed by atoms with Crippen LogP contribution in [0.4, 0.5) is 0 Å². The van der Waals surface area contributed by atoms with Crippen molar-refractivity contribution in [1.29, 1.82) is 0 Å². The fraction of sp³-hybridized carbons (Fsp3) is 0.462. The van der Waals surface area contributed by atoms with Crippen molar-refractivity contribution in [2.24, 2.45) is 0 Å². The molecule has 0 saturated heterocycles. The van der Waals surface area contributed by atoms with Gasteiger partial charge in [-0.2, -0.15) is 0 Å². The van der Waals surface area contributed by atoms with Crippen LogP contribution < -0.4 is 5.32 Å². The highest BCUT2D eigenvalue weighted by Gasteiger charge is 2.19. The summed E-state index contributed by atoms with van der Waals surface area (Å²) >= 11 is 1.75. The van der Waals surface area contributed by atoms with E-state index < -0.39 is 12.0 Å². The molecule has 3 nitrogen and oxygen atoms in total. The first kappa shape index (κ1) is 14.1. The number of carboxylic acid groups (broad SMARTS) is 1. The highest BCUT2D eigenvalue weighted by Crippen LogP contribution is 2.21. The van der Waals surface area contributed by atoms with Gasteiger partial charge in [-0.25, -0.2) is 0 Å². The van der Waals surface area contributed by atoms with Crippen LogP contribution in [0, 0.1) is 0 Å². The molecule has 0 amide bonds. The van der Waals surface area contributed by atoms with Crippen LogP contribution in [-0.2, 0) is 4.79 Å². The van der Waals surface area contributed by atoms with E-state index in [1.807, 2.05) is 38.1 Å². The van der Waals surface area contributed by atoms with Gasteiger partial charge in [0.25, 0.3) is 0 Å². The van der Waals surface area contributed by atoms with Crippen LogP contribution in [0.3, 0.4) is 0 Å². The van der Waals surface area contributed by atoms with Crippen LogP contribution in [0.5, 0.6) is 0 Å². The van der Waals surface area contributed by atoms with Crippen molar-refractivity contribution in [3.63, 3.8) is 0 Å². The van der Waals surface area contributed by atoms with E-state index in [0.717, 1.165) is 11.3 Å². The highest BCUT2D eigenvalue weighted by atomic mass is 32.2. The first-order valence-corrected chi connectivity index (χ1v) is 6.74. The van der Waals surface area contributed by atoms with Crippen LogP contribution in [0.1, 0.15) is 32.4 Å². The molecule has 1 aromatic carbocycles. The fourth-order valence-corrected chi connectivity index (χ4v) is 2.23. The summed E-state index contributed by atoms with van der Waals surface area (Å²) < 4.78 is 0. The first-order valence-electron chi connectivity index (χ1n) is 5.76. The van der Waals surface area contributed by atoms with Crippen molar-refractivity contribution in [2.75, 3.05) is 5.75 Å². The molecule has 0 aliphatic carbocycles. The molecule has 0 fully saturated rings. The topological polar surface area (TPSA) is 49.3 Å². The molecule has 0 spiro atoms. The van der Waals surface area contributed by atoms with Crippen LogP contribution in [0.25, 0.3) is 0 Å². The molecule has 1 rings (SSSR count).